The fourth-order valence-corrected chi connectivity index (χ4v) is 1.91. The lowest BCUT2D eigenvalue weighted by atomic mass is 10.2. The van der Waals surface area contributed by atoms with Gasteiger partial charge in [-0.1, -0.05) is 0 Å². The molecule has 0 bridgehead atoms. The molecular formula is C17H18N2O4. The first-order valence-electron chi connectivity index (χ1n) is 6.87. The van der Waals surface area contributed by atoms with Gasteiger partial charge in [-0.05, 0) is 42.5 Å². The highest BCUT2D eigenvalue weighted by molar-refractivity contribution is 5.95. The Labute approximate surface area is 134 Å². The molecule has 0 aromatic heterocycles. The third-order valence-corrected chi connectivity index (χ3v) is 3.16. The van der Waals surface area contributed by atoms with E-state index in [1.54, 1.807) is 63.8 Å². The standard InChI is InChI=1S/C17H18N2O4/c1-21-14-6-4-12(5-7-14)17(20)19-18-11-13-10-15(22-2)8-9-16(13)23-3/h4-11H,1-3H3,(H,19,20)/b18-11+. The van der Waals surface area contributed by atoms with Crippen molar-refractivity contribution in [1.29, 1.82) is 0 Å². The van der Waals surface area contributed by atoms with Crippen molar-refractivity contribution in [3.05, 3.63) is 53.6 Å². The Morgan fingerprint density at radius 2 is 1.61 bits per heavy atom. The third-order valence-electron chi connectivity index (χ3n) is 3.16. The van der Waals surface area contributed by atoms with Crippen LogP contribution >= 0.6 is 0 Å². The summed E-state index contributed by atoms with van der Waals surface area (Å²) in [5.74, 6) is 1.68. The highest BCUT2D eigenvalue weighted by Gasteiger charge is 2.05. The highest BCUT2D eigenvalue weighted by Crippen LogP contribution is 2.22. The molecule has 6 heteroatoms. The van der Waals surface area contributed by atoms with Crippen LogP contribution in [0.3, 0.4) is 0 Å². The largest absolute Gasteiger partial charge is 0.497 e. The van der Waals surface area contributed by atoms with E-state index in [1.165, 1.54) is 6.21 Å². The van der Waals surface area contributed by atoms with Crippen LogP contribution in [0.1, 0.15) is 15.9 Å². The minimum absolute atomic E-state index is 0.314. The van der Waals surface area contributed by atoms with Crippen LogP contribution in [-0.4, -0.2) is 33.5 Å². The fourth-order valence-electron chi connectivity index (χ4n) is 1.91. The number of nitrogens with one attached hydrogen (secondary N) is 1. The van der Waals surface area contributed by atoms with Gasteiger partial charge in [0, 0.05) is 11.1 Å². The average Bonchev–Trinajstić information content (AvgIpc) is 2.61. The molecule has 0 radical (unpaired) electrons. The summed E-state index contributed by atoms with van der Waals surface area (Å²) < 4.78 is 15.4. The summed E-state index contributed by atoms with van der Waals surface area (Å²) in [6.07, 6.45) is 1.50. The van der Waals surface area contributed by atoms with E-state index in [2.05, 4.69) is 10.5 Å². The monoisotopic (exact) mass is 314 g/mol. The summed E-state index contributed by atoms with van der Waals surface area (Å²) in [6, 6.07) is 12.1. The Morgan fingerprint density at radius 3 is 2.22 bits per heavy atom. The van der Waals surface area contributed by atoms with E-state index >= 15 is 0 Å². The molecule has 0 saturated heterocycles. The zero-order valence-electron chi connectivity index (χ0n) is 13.2. The van der Waals surface area contributed by atoms with Crippen LogP contribution in [0.4, 0.5) is 0 Å². The number of benzene rings is 2. The van der Waals surface area contributed by atoms with E-state index in [0.717, 1.165) is 0 Å². The van der Waals surface area contributed by atoms with Crippen LogP contribution in [0.25, 0.3) is 0 Å². The first kappa shape index (κ1) is 16.4. The van der Waals surface area contributed by atoms with E-state index in [4.69, 9.17) is 14.2 Å². The molecule has 0 aliphatic heterocycles. The molecule has 2 aromatic carbocycles. The van der Waals surface area contributed by atoms with Gasteiger partial charge in [-0.3, -0.25) is 4.79 Å². The number of amides is 1. The van der Waals surface area contributed by atoms with E-state index in [0.29, 0.717) is 28.4 Å². The second kappa shape index (κ2) is 7.84. The van der Waals surface area contributed by atoms with E-state index in [9.17, 15) is 4.79 Å². The van der Waals surface area contributed by atoms with E-state index < -0.39 is 0 Å². The second-order valence-corrected chi connectivity index (χ2v) is 4.54. The van der Waals surface area contributed by atoms with E-state index in [1.807, 2.05) is 0 Å². The number of ether oxygens (including phenoxy) is 3. The fraction of sp³-hybridized carbons (Fsp3) is 0.176. The van der Waals surface area contributed by atoms with Gasteiger partial charge in [0.2, 0.25) is 0 Å². The van der Waals surface area contributed by atoms with Crippen molar-refractivity contribution in [3.63, 3.8) is 0 Å². The van der Waals surface area contributed by atoms with Crippen LogP contribution in [-0.2, 0) is 0 Å². The summed E-state index contributed by atoms with van der Waals surface area (Å²) >= 11 is 0. The summed E-state index contributed by atoms with van der Waals surface area (Å²) in [4.78, 5) is 12.0. The molecule has 2 aromatic rings. The Balaban J connectivity index is 2.07. The van der Waals surface area contributed by atoms with Gasteiger partial charge < -0.3 is 14.2 Å². The molecule has 0 spiro atoms. The zero-order chi connectivity index (χ0) is 16.7. The first-order chi connectivity index (χ1) is 11.2. The lowest BCUT2D eigenvalue weighted by molar-refractivity contribution is 0.0955. The predicted octanol–water partition coefficient (Wildman–Crippen LogP) is 2.48. The predicted molar refractivity (Wildman–Crippen MR) is 87.6 cm³/mol. The van der Waals surface area contributed by atoms with Gasteiger partial charge in [-0.15, -0.1) is 0 Å². The molecule has 0 aliphatic carbocycles. The summed E-state index contributed by atoms with van der Waals surface area (Å²) in [6.45, 7) is 0. The molecule has 23 heavy (non-hydrogen) atoms. The molecule has 2 rings (SSSR count). The molecule has 0 saturated carbocycles. The van der Waals surface area contributed by atoms with Gasteiger partial charge >= 0.3 is 0 Å². The molecule has 120 valence electrons. The number of nitrogens with zero attached hydrogens (tertiary/aromatic N) is 1. The van der Waals surface area contributed by atoms with Gasteiger partial charge in [0.05, 0.1) is 27.5 Å². The number of methoxy groups -OCH3 is 3. The Morgan fingerprint density at radius 1 is 0.957 bits per heavy atom. The van der Waals surface area contributed by atoms with Gasteiger partial charge in [-0.25, -0.2) is 5.43 Å². The lowest BCUT2D eigenvalue weighted by Gasteiger charge is -2.07. The van der Waals surface area contributed by atoms with Gasteiger partial charge in [0.1, 0.15) is 17.2 Å². The summed E-state index contributed by atoms with van der Waals surface area (Å²) in [5, 5.41) is 3.95. The maximum absolute atomic E-state index is 12.0. The Hall–Kier alpha value is -3.02. The summed E-state index contributed by atoms with van der Waals surface area (Å²) in [5.41, 5.74) is 3.65. The van der Waals surface area contributed by atoms with Crippen LogP contribution in [0.2, 0.25) is 0 Å². The lowest BCUT2D eigenvalue weighted by Crippen LogP contribution is -2.17. The normalized spacial score (nSPS) is 10.4. The molecule has 0 fully saturated rings. The number of hydrazone groups is 1. The van der Waals surface area contributed by atoms with Crippen molar-refractivity contribution in [2.75, 3.05) is 21.3 Å². The maximum Gasteiger partial charge on any atom is 0.271 e. The van der Waals surface area contributed by atoms with Crippen LogP contribution < -0.4 is 19.6 Å². The van der Waals surface area contributed by atoms with Crippen molar-refractivity contribution in [1.82, 2.24) is 5.43 Å². The quantitative estimate of drug-likeness (QED) is 0.657. The average molecular weight is 314 g/mol. The topological polar surface area (TPSA) is 69.2 Å². The first-order valence-corrected chi connectivity index (χ1v) is 6.87. The smallest absolute Gasteiger partial charge is 0.271 e. The van der Waals surface area contributed by atoms with Crippen LogP contribution in [0, 0.1) is 0 Å². The number of hydrogen-bond acceptors (Lipinski definition) is 5. The number of carbonyl (C=O) groups is 1. The van der Waals surface area contributed by atoms with Gasteiger partial charge in [0.15, 0.2) is 0 Å². The van der Waals surface area contributed by atoms with Crippen molar-refractivity contribution in [3.8, 4) is 17.2 Å². The number of rotatable bonds is 6. The zero-order valence-corrected chi connectivity index (χ0v) is 13.2. The molecule has 1 N–H and O–H groups in total. The second-order valence-electron chi connectivity index (χ2n) is 4.54. The van der Waals surface area contributed by atoms with Crippen molar-refractivity contribution >= 4 is 12.1 Å². The van der Waals surface area contributed by atoms with Crippen molar-refractivity contribution < 1.29 is 19.0 Å². The molecule has 0 heterocycles. The van der Waals surface area contributed by atoms with Crippen molar-refractivity contribution in [2.24, 2.45) is 5.10 Å². The number of carbonyl (C=O) groups excluding carboxylic acids is 1. The van der Waals surface area contributed by atoms with Gasteiger partial charge in [0.25, 0.3) is 5.91 Å². The SMILES string of the molecule is COc1ccc(C(=O)N/N=C/c2cc(OC)ccc2OC)cc1. The minimum Gasteiger partial charge on any atom is -0.497 e. The summed E-state index contributed by atoms with van der Waals surface area (Å²) in [7, 11) is 4.71. The third kappa shape index (κ3) is 4.23. The molecule has 0 unspecified atom stereocenters. The van der Waals surface area contributed by atoms with Crippen molar-refractivity contribution in [2.45, 2.75) is 0 Å². The Bertz CT molecular complexity index is 696. The molecule has 0 aliphatic rings. The Kier molecular flexibility index (Phi) is 5.57. The molecule has 1 amide bonds. The number of hydrogen-bond donors (Lipinski definition) is 1. The molecule has 6 nitrogen and oxygen atoms in total. The highest BCUT2D eigenvalue weighted by atomic mass is 16.5. The van der Waals surface area contributed by atoms with Crippen LogP contribution in [0.5, 0.6) is 17.2 Å². The van der Waals surface area contributed by atoms with Crippen LogP contribution in [0.15, 0.2) is 47.6 Å². The minimum atomic E-state index is -0.314. The van der Waals surface area contributed by atoms with E-state index in [-0.39, 0.29) is 5.91 Å². The molecular weight excluding hydrogens is 296 g/mol. The maximum atomic E-state index is 12.0. The molecule has 0 atom stereocenters. The van der Waals surface area contributed by atoms with Gasteiger partial charge in [-0.2, -0.15) is 5.10 Å².